The van der Waals surface area contributed by atoms with Crippen LogP contribution < -0.4 is 10.6 Å². The van der Waals surface area contributed by atoms with Gasteiger partial charge in [0.1, 0.15) is 0 Å². The Bertz CT molecular complexity index is 395. The van der Waals surface area contributed by atoms with Crippen molar-refractivity contribution in [2.24, 2.45) is 11.8 Å². The van der Waals surface area contributed by atoms with Gasteiger partial charge in [0.05, 0.1) is 17.5 Å². The average Bonchev–Trinajstić information content (AvgIpc) is 2.36. The lowest BCUT2D eigenvalue weighted by molar-refractivity contribution is -0.0995. The molecule has 3 nitrogen and oxygen atoms in total. The molecule has 2 bridgehead atoms. The van der Waals surface area contributed by atoms with Gasteiger partial charge >= 0.3 is 0 Å². The van der Waals surface area contributed by atoms with Gasteiger partial charge in [0.25, 0.3) is 0 Å². The van der Waals surface area contributed by atoms with Gasteiger partial charge in [-0.3, -0.25) is 0 Å². The number of nitrogens with zero attached hydrogens (tertiary/aromatic N) is 1. The van der Waals surface area contributed by atoms with Crippen molar-refractivity contribution in [3.8, 4) is 0 Å². The number of benzene rings is 1. The van der Waals surface area contributed by atoms with E-state index in [1.807, 2.05) is 12.1 Å². The summed E-state index contributed by atoms with van der Waals surface area (Å²) >= 11 is 0. The van der Waals surface area contributed by atoms with Crippen LogP contribution in [0.2, 0.25) is 0 Å². The Morgan fingerprint density at radius 3 is 2.65 bits per heavy atom. The molecule has 0 spiro atoms. The summed E-state index contributed by atoms with van der Waals surface area (Å²) in [7, 11) is 0. The van der Waals surface area contributed by atoms with Crippen LogP contribution in [0.5, 0.6) is 0 Å². The third kappa shape index (κ3) is 1.78. The van der Waals surface area contributed by atoms with Crippen molar-refractivity contribution in [3.05, 3.63) is 24.3 Å². The lowest BCUT2D eigenvalue weighted by Crippen LogP contribution is -2.59. The molecule has 2 atom stereocenters. The molecule has 1 saturated carbocycles. The maximum atomic E-state index is 6.03. The zero-order valence-electron chi connectivity index (χ0n) is 10.3. The quantitative estimate of drug-likeness (QED) is 0.811. The predicted octanol–water partition coefficient (Wildman–Crippen LogP) is 2.13. The third-order valence-electron chi connectivity index (χ3n) is 4.08. The zero-order chi connectivity index (χ0) is 11.8. The first-order chi connectivity index (χ1) is 8.29. The minimum atomic E-state index is 0.501. The lowest BCUT2D eigenvalue weighted by atomic mass is 9.68. The first-order valence-electron chi connectivity index (χ1n) is 6.50. The summed E-state index contributed by atoms with van der Waals surface area (Å²) in [5.41, 5.74) is 8.11. The van der Waals surface area contributed by atoms with Gasteiger partial charge in [-0.05, 0) is 25.5 Å². The monoisotopic (exact) mass is 232 g/mol. The van der Waals surface area contributed by atoms with E-state index in [-0.39, 0.29) is 0 Å². The molecule has 92 valence electrons. The molecular weight excluding hydrogens is 212 g/mol. The SMILES string of the molecule is CCOC1[C@H]2C[C@H]1CN(c1ccccc1N)C2. The van der Waals surface area contributed by atoms with E-state index in [0.29, 0.717) is 17.9 Å². The maximum absolute atomic E-state index is 6.03. The molecule has 1 aromatic rings. The number of piperidine rings is 2. The van der Waals surface area contributed by atoms with E-state index in [4.69, 9.17) is 10.5 Å². The van der Waals surface area contributed by atoms with E-state index in [9.17, 15) is 0 Å². The van der Waals surface area contributed by atoms with Gasteiger partial charge in [-0.25, -0.2) is 0 Å². The predicted molar refractivity (Wildman–Crippen MR) is 70.1 cm³/mol. The minimum absolute atomic E-state index is 0.501. The van der Waals surface area contributed by atoms with E-state index in [0.717, 1.165) is 25.4 Å². The van der Waals surface area contributed by atoms with Crippen LogP contribution in [0.1, 0.15) is 13.3 Å². The van der Waals surface area contributed by atoms with Crippen molar-refractivity contribution < 1.29 is 4.74 Å². The molecule has 3 fully saturated rings. The zero-order valence-corrected chi connectivity index (χ0v) is 10.3. The van der Waals surface area contributed by atoms with Crippen molar-refractivity contribution in [3.63, 3.8) is 0 Å². The fourth-order valence-corrected chi connectivity index (χ4v) is 3.28. The van der Waals surface area contributed by atoms with E-state index >= 15 is 0 Å². The molecule has 2 heterocycles. The van der Waals surface area contributed by atoms with E-state index in [2.05, 4.69) is 24.0 Å². The molecule has 3 heteroatoms. The average molecular weight is 232 g/mol. The highest BCUT2D eigenvalue weighted by atomic mass is 16.5. The summed E-state index contributed by atoms with van der Waals surface area (Å²) in [4.78, 5) is 2.42. The summed E-state index contributed by atoms with van der Waals surface area (Å²) in [6.07, 6.45) is 1.83. The van der Waals surface area contributed by atoms with Gasteiger partial charge in [0.2, 0.25) is 0 Å². The lowest BCUT2D eigenvalue weighted by Gasteiger charge is -2.53. The highest BCUT2D eigenvalue weighted by Crippen LogP contribution is 2.44. The van der Waals surface area contributed by atoms with Gasteiger partial charge in [-0.1, -0.05) is 12.1 Å². The Morgan fingerprint density at radius 2 is 2.00 bits per heavy atom. The molecule has 3 aliphatic rings. The van der Waals surface area contributed by atoms with E-state index in [1.54, 1.807) is 0 Å². The summed E-state index contributed by atoms with van der Waals surface area (Å²) in [5, 5.41) is 0. The number of hydrogen-bond donors (Lipinski definition) is 1. The molecule has 0 amide bonds. The Kier molecular flexibility index (Phi) is 2.71. The normalized spacial score (nSPS) is 31.1. The Labute approximate surface area is 103 Å². The van der Waals surface area contributed by atoms with Crippen molar-refractivity contribution in [1.29, 1.82) is 0 Å². The molecule has 17 heavy (non-hydrogen) atoms. The molecule has 2 N–H and O–H groups in total. The maximum Gasteiger partial charge on any atom is 0.0665 e. The Morgan fingerprint density at radius 1 is 1.29 bits per heavy atom. The van der Waals surface area contributed by atoms with Gasteiger partial charge in [0.15, 0.2) is 0 Å². The molecule has 2 saturated heterocycles. The van der Waals surface area contributed by atoms with Gasteiger partial charge < -0.3 is 15.4 Å². The highest BCUT2D eigenvalue weighted by molar-refractivity contribution is 5.67. The third-order valence-corrected chi connectivity index (χ3v) is 4.08. The standard InChI is InChI=1S/C14H20N2O/c1-2-17-14-10-7-11(14)9-16(8-10)13-6-4-3-5-12(13)15/h3-6,10-11,14H,2,7-9,15H2,1H3/t10-,11-/m0/s1. The molecule has 0 unspecified atom stereocenters. The molecular formula is C14H20N2O. The molecule has 0 radical (unpaired) electrons. The molecule has 0 aromatic heterocycles. The Balaban J connectivity index is 1.72. The van der Waals surface area contributed by atoms with Gasteiger partial charge in [-0.2, -0.15) is 0 Å². The Hall–Kier alpha value is -1.22. The fraction of sp³-hybridized carbons (Fsp3) is 0.571. The van der Waals surface area contributed by atoms with E-state index in [1.165, 1.54) is 12.1 Å². The van der Waals surface area contributed by atoms with Crippen LogP contribution in [-0.2, 0) is 4.74 Å². The smallest absolute Gasteiger partial charge is 0.0665 e. The van der Waals surface area contributed by atoms with Crippen LogP contribution in [0.3, 0.4) is 0 Å². The number of ether oxygens (including phenoxy) is 1. The molecule has 1 aliphatic carbocycles. The largest absolute Gasteiger partial charge is 0.397 e. The number of anilines is 2. The topological polar surface area (TPSA) is 38.5 Å². The summed E-state index contributed by atoms with van der Waals surface area (Å²) in [5.74, 6) is 1.40. The molecule has 2 aliphatic heterocycles. The second-order valence-corrected chi connectivity index (χ2v) is 5.14. The first-order valence-corrected chi connectivity index (χ1v) is 6.50. The van der Waals surface area contributed by atoms with Crippen LogP contribution in [0.25, 0.3) is 0 Å². The fourth-order valence-electron chi connectivity index (χ4n) is 3.28. The van der Waals surface area contributed by atoms with Gasteiger partial charge in [0, 0.05) is 31.5 Å². The number of nitrogens with two attached hydrogens (primary N) is 1. The summed E-state index contributed by atoms with van der Waals surface area (Å²) in [6, 6.07) is 8.16. The first kappa shape index (κ1) is 10.9. The van der Waals surface area contributed by atoms with Crippen LogP contribution in [0.4, 0.5) is 11.4 Å². The van der Waals surface area contributed by atoms with Crippen molar-refractivity contribution in [2.75, 3.05) is 30.3 Å². The van der Waals surface area contributed by atoms with Crippen LogP contribution in [-0.4, -0.2) is 25.8 Å². The number of para-hydroxylation sites is 2. The number of rotatable bonds is 3. The molecule has 1 aromatic carbocycles. The van der Waals surface area contributed by atoms with Crippen molar-refractivity contribution in [2.45, 2.75) is 19.4 Å². The summed E-state index contributed by atoms with van der Waals surface area (Å²) in [6.45, 7) is 5.11. The number of fused-ring (bicyclic) bond motifs is 2. The van der Waals surface area contributed by atoms with Crippen LogP contribution in [0.15, 0.2) is 24.3 Å². The minimum Gasteiger partial charge on any atom is -0.397 e. The number of nitrogen functional groups attached to an aromatic ring is 1. The highest BCUT2D eigenvalue weighted by Gasteiger charge is 2.47. The van der Waals surface area contributed by atoms with Crippen LogP contribution >= 0.6 is 0 Å². The second kappa shape index (κ2) is 4.22. The second-order valence-electron chi connectivity index (χ2n) is 5.14. The molecule has 4 rings (SSSR count). The van der Waals surface area contributed by atoms with Crippen LogP contribution in [0, 0.1) is 11.8 Å². The van der Waals surface area contributed by atoms with Gasteiger partial charge in [-0.15, -0.1) is 0 Å². The summed E-state index contributed by atoms with van der Waals surface area (Å²) < 4.78 is 5.80. The van der Waals surface area contributed by atoms with Crippen molar-refractivity contribution >= 4 is 11.4 Å². The van der Waals surface area contributed by atoms with Crippen molar-refractivity contribution in [1.82, 2.24) is 0 Å². The number of hydrogen-bond acceptors (Lipinski definition) is 3. The van der Waals surface area contributed by atoms with E-state index < -0.39 is 0 Å².